The third kappa shape index (κ3) is 3.10. The maximum atomic E-state index is 10.9. The molecule has 0 bridgehead atoms. The lowest BCUT2D eigenvalue weighted by Crippen LogP contribution is -2.00. The van der Waals surface area contributed by atoms with E-state index in [9.17, 15) is 4.79 Å². The fourth-order valence-corrected chi connectivity index (χ4v) is 1.31. The highest BCUT2D eigenvalue weighted by Crippen LogP contribution is 2.20. The Labute approximate surface area is 94.3 Å². The Morgan fingerprint density at radius 3 is 2.88 bits per heavy atom. The number of carboxylic acid groups (broad SMARTS) is 1. The summed E-state index contributed by atoms with van der Waals surface area (Å²) in [7, 11) is 1.45. The Morgan fingerprint density at radius 1 is 1.56 bits per heavy atom. The number of aromatic carboxylic acids is 1. The zero-order chi connectivity index (χ0) is 12.0. The zero-order valence-corrected chi connectivity index (χ0v) is 9.14. The first-order valence-corrected chi connectivity index (χ1v) is 4.97. The van der Waals surface area contributed by atoms with Crippen LogP contribution in [0.3, 0.4) is 0 Å². The minimum absolute atomic E-state index is 0.164. The number of carboxylic acids is 1. The first kappa shape index (κ1) is 12.3. The maximum Gasteiger partial charge on any atom is 0.339 e. The van der Waals surface area contributed by atoms with Crippen LogP contribution in [-0.2, 0) is 0 Å². The number of methoxy groups -OCH3 is 1. The smallest absolute Gasteiger partial charge is 0.339 e. The van der Waals surface area contributed by atoms with E-state index in [4.69, 9.17) is 15.6 Å². The number of hydrogen-bond donors (Lipinski definition) is 2. The molecular weight excluding hydrogens is 206 g/mol. The quantitative estimate of drug-likeness (QED) is 0.794. The van der Waals surface area contributed by atoms with Gasteiger partial charge in [-0.1, -0.05) is 18.2 Å². The predicted octanol–water partition coefficient (Wildman–Crippen LogP) is 1.76. The molecule has 0 unspecified atom stereocenters. The summed E-state index contributed by atoms with van der Waals surface area (Å²) in [4.78, 5) is 10.9. The van der Waals surface area contributed by atoms with Gasteiger partial charge in [0.1, 0.15) is 11.3 Å². The molecule has 0 aliphatic heterocycles. The first-order chi connectivity index (χ1) is 7.69. The lowest BCUT2D eigenvalue weighted by molar-refractivity contribution is 0.0693. The molecule has 0 radical (unpaired) electrons. The van der Waals surface area contributed by atoms with E-state index in [-0.39, 0.29) is 5.56 Å². The van der Waals surface area contributed by atoms with Crippen LogP contribution in [0, 0.1) is 0 Å². The van der Waals surface area contributed by atoms with Crippen molar-refractivity contribution in [3.8, 4) is 5.75 Å². The summed E-state index contributed by atoms with van der Waals surface area (Å²) < 4.78 is 4.96. The second kappa shape index (κ2) is 5.92. The van der Waals surface area contributed by atoms with Crippen LogP contribution < -0.4 is 10.5 Å². The van der Waals surface area contributed by atoms with E-state index in [1.54, 1.807) is 18.2 Å². The molecule has 0 aromatic heterocycles. The monoisotopic (exact) mass is 221 g/mol. The van der Waals surface area contributed by atoms with E-state index in [0.717, 1.165) is 12.0 Å². The third-order valence-electron chi connectivity index (χ3n) is 2.10. The standard InChI is InChI=1S/C12H15NO3/c1-16-11-6-5-9(4-2-3-7-13)8-10(11)12(14)15/h2,4-6,8H,3,7,13H2,1H3,(H,14,15). The molecule has 4 nitrogen and oxygen atoms in total. The highest BCUT2D eigenvalue weighted by molar-refractivity contribution is 5.91. The number of ether oxygens (including phenoxy) is 1. The van der Waals surface area contributed by atoms with Crippen LogP contribution in [0.2, 0.25) is 0 Å². The van der Waals surface area contributed by atoms with Gasteiger partial charge in [-0.15, -0.1) is 0 Å². The van der Waals surface area contributed by atoms with Crippen molar-refractivity contribution < 1.29 is 14.6 Å². The zero-order valence-electron chi connectivity index (χ0n) is 9.14. The van der Waals surface area contributed by atoms with Crippen LogP contribution in [0.25, 0.3) is 6.08 Å². The SMILES string of the molecule is COc1ccc(C=CCCN)cc1C(=O)O. The van der Waals surface area contributed by atoms with Gasteiger partial charge in [0.05, 0.1) is 7.11 Å². The fourth-order valence-electron chi connectivity index (χ4n) is 1.31. The summed E-state index contributed by atoms with van der Waals surface area (Å²) in [5.41, 5.74) is 6.34. The summed E-state index contributed by atoms with van der Waals surface area (Å²) in [6.45, 7) is 0.582. The van der Waals surface area contributed by atoms with Crippen LogP contribution in [0.5, 0.6) is 5.75 Å². The van der Waals surface area contributed by atoms with Crippen molar-refractivity contribution in [3.63, 3.8) is 0 Å². The number of nitrogens with two attached hydrogens (primary N) is 1. The molecule has 1 rings (SSSR count). The molecule has 3 N–H and O–H groups in total. The van der Waals surface area contributed by atoms with Crippen molar-refractivity contribution in [2.45, 2.75) is 6.42 Å². The van der Waals surface area contributed by atoms with Gasteiger partial charge < -0.3 is 15.6 Å². The number of hydrogen-bond acceptors (Lipinski definition) is 3. The van der Waals surface area contributed by atoms with Gasteiger partial charge in [0, 0.05) is 0 Å². The maximum absolute atomic E-state index is 10.9. The summed E-state index contributed by atoms with van der Waals surface area (Å²) >= 11 is 0. The van der Waals surface area contributed by atoms with Crippen LogP contribution in [-0.4, -0.2) is 24.7 Å². The highest BCUT2D eigenvalue weighted by Gasteiger charge is 2.10. The molecule has 86 valence electrons. The molecule has 0 amide bonds. The topological polar surface area (TPSA) is 72.5 Å². The van der Waals surface area contributed by atoms with Crippen molar-refractivity contribution >= 4 is 12.0 Å². The van der Waals surface area contributed by atoms with Crippen molar-refractivity contribution in [1.29, 1.82) is 0 Å². The van der Waals surface area contributed by atoms with E-state index in [0.29, 0.717) is 12.3 Å². The van der Waals surface area contributed by atoms with Gasteiger partial charge in [0.25, 0.3) is 0 Å². The van der Waals surface area contributed by atoms with Gasteiger partial charge >= 0.3 is 5.97 Å². The molecule has 0 saturated carbocycles. The van der Waals surface area contributed by atoms with Crippen molar-refractivity contribution in [1.82, 2.24) is 0 Å². The average molecular weight is 221 g/mol. The second-order valence-electron chi connectivity index (χ2n) is 3.24. The first-order valence-electron chi connectivity index (χ1n) is 4.97. The largest absolute Gasteiger partial charge is 0.496 e. The minimum Gasteiger partial charge on any atom is -0.496 e. The summed E-state index contributed by atoms with van der Waals surface area (Å²) in [6, 6.07) is 5.03. The van der Waals surface area contributed by atoms with Gasteiger partial charge in [-0.3, -0.25) is 0 Å². The molecule has 4 heteroatoms. The summed E-state index contributed by atoms with van der Waals surface area (Å²) in [5, 5.41) is 8.97. The van der Waals surface area contributed by atoms with Gasteiger partial charge in [-0.25, -0.2) is 4.79 Å². The molecule has 0 aliphatic rings. The summed E-state index contributed by atoms with van der Waals surface area (Å²) in [6.07, 6.45) is 4.53. The van der Waals surface area contributed by atoms with E-state index in [1.165, 1.54) is 7.11 Å². The van der Waals surface area contributed by atoms with Crippen molar-refractivity contribution in [3.05, 3.63) is 35.4 Å². The predicted molar refractivity (Wildman–Crippen MR) is 62.7 cm³/mol. The number of rotatable bonds is 5. The van der Waals surface area contributed by atoms with E-state index >= 15 is 0 Å². The Hall–Kier alpha value is -1.81. The molecule has 1 aromatic carbocycles. The van der Waals surface area contributed by atoms with Crippen LogP contribution in [0.15, 0.2) is 24.3 Å². The minimum atomic E-state index is -0.995. The van der Waals surface area contributed by atoms with E-state index in [1.807, 2.05) is 12.2 Å². The van der Waals surface area contributed by atoms with E-state index < -0.39 is 5.97 Å². The average Bonchev–Trinajstić information content (AvgIpc) is 2.29. The highest BCUT2D eigenvalue weighted by atomic mass is 16.5. The Morgan fingerprint density at radius 2 is 2.31 bits per heavy atom. The van der Waals surface area contributed by atoms with Crippen molar-refractivity contribution in [2.24, 2.45) is 5.73 Å². The molecule has 0 fully saturated rings. The molecule has 0 spiro atoms. The molecule has 0 saturated heterocycles. The number of carbonyl (C=O) groups is 1. The van der Waals surface area contributed by atoms with E-state index in [2.05, 4.69) is 0 Å². The lowest BCUT2D eigenvalue weighted by Gasteiger charge is -2.05. The fraction of sp³-hybridized carbons (Fsp3) is 0.250. The molecule has 0 atom stereocenters. The van der Waals surface area contributed by atoms with Gasteiger partial charge in [-0.05, 0) is 30.7 Å². The molecule has 0 aliphatic carbocycles. The molecular formula is C12H15NO3. The second-order valence-corrected chi connectivity index (χ2v) is 3.24. The molecule has 0 heterocycles. The van der Waals surface area contributed by atoms with Crippen LogP contribution >= 0.6 is 0 Å². The third-order valence-corrected chi connectivity index (χ3v) is 2.10. The lowest BCUT2D eigenvalue weighted by atomic mass is 10.1. The van der Waals surface area contributed by atoms with Gasteiger partial charge in [0.2, 0.25) is 0 Å². The summed E-state index contributed by atoms with van der Waals surface area (Å²) in [5.74, 6) is -0.630. The normalized spacial score (nSPS) is 10.6. The number of benzene rings is 1. The van der Waals surface area contributed by atoms with Gasteiger partial charge in [0.15, 0.2) is 0 Å². The Kier molecular flexibility index (Phi) is 4.54. The van der Waals surface area contributed by atoms with Crippen LogP contribution in [0.1, 0.15) is 22.3 Å². The molecule has 1 aromatic rings. The molecule has 16 heavy (non-hydrogen) atoms. The van der Waals surface area contributed by atoms with Crippen LogP contribution in [0.4, 0.5) is 0 Å². The van der Waals surface area contributed by atoms with Crippen molar-refractivity contribution in [2.75, 3.05) is 13.7 Å². The Balaban J connectivity index is 2.98. The Bertz CT molecular complexity index is 399. The van der Waals surface area contributed by atoms with Gasteiger partial charge in [-0.2, -0.15) is 0 Å².